The smallest absolute Gasteiger partial charge is 0.337 e. The molecule has 0 aliphatic heterocycles. The number of rotatable bonds is 5. The number of carbonyl (C=O) groups excluding carboxylic acids is 1. The summed E-state index contributed by atoms with van der Waals surface area (Å²) in [6.45, 7) is 0.269. The highest BCUT2D eigenvalue weighted by atomic mass is 32.2. The molecule has 2 N–H and O–H groups in total. The van der Waals surface area contributed by atoms with Crippen LogP contribution >= 0.6 is 0 Å². The average Bonchev–Trinajstić information content (AvgIpc) is 3.16. The van der Waals surface area contributed by atoms with Crippen molar-refractivity contribution in [1.82, 2.24) is 10.6 Å². The van der Waals surface area contributed by atoms with Crippen molar-refractivity contribution in [1.29, 1.82) is 0 Å². The van der Waals surface area contributed by atoms with Gasteiger partial charge in [0.05, 0.1) is 5.56 Å². The lowest BCUT2D eigenvalue weighted by Crippen LogP contribution is -2.39. The zero-order valence-electron chi connectivity index (χ0n) is 11.9. The van der Waals surface area contributed by atoms with Gasteiger partial charge in [-0.1, -0.05) is 18.2 Å². The lowest BCUT2D eigenvalue weighted by atomic mass is 10.0. The molecule has 1 aromatic carbocycles. The first-order valence-electron chi connectivity index (χ1n) is 6.79. The molecule has 0 aromatic heterocycles. The van der Waals surface area contributed by atoms with Crippen LogP contribution in [0, 0.1) is 0 Å². The van der Waals surface area contributed by atoms with Gasteiger partial charge in [0.25, 0.3) is 0 Å². The van der Waals surface area contributed by atoms with Crippen LogP contribution in [-0.2, 0) is 17.0 Å². The Hall–Kier alpha value is -1.57. The second-order valence-electron chi connectivity index (χ2n) is 5.21. The molecule has 3 atom stereocenters. The molecular formula is C14H17F3N2O2S. The zero-order chi connectivity index (χ0) is 16.3. The van der Waals surface area contributed by atoms with Gasteiger partial charge in [0.1, 0.15) is 0 Å². The monoisotopic (exact) mass is 334 g/mol. The van der Waals surface area contributed by atoms with Gasteiger partial charge in [-0.05, 0) is 18.1 Å². The Bertz CT molecular complexity index is 577. The van der Waals surface area contributed by atoms with E-state index in [1.807, 2.05) is 0 Å². The van der Waals surface area contributed by atoms with Crippen molar-refractivity contribution in [3.8, 4) is 0 Å². The van der Waals surface area contributed by atoms with Gasteiger partial charge in [0.2, 0.25) is 0 Å². The summed E-state index contributed by atoms with van der Waals surface area (Å²) < 4.78 is 49.7. The van der Waals surface area contributed by atoms with E-state index in [9.17, 15) is 22.2 Å². The average molecular weight is 334 g/mol. The molecular weight excluding hydrogens is 317 g/mol. The molecule has 4 nitrogen and oxygen atoms in total. The predicted molar refractivity (Wildman–Crippen MR) is 78.1 cm³/mol. The standard InChI is InChI=1S/C14H17F3N2O2S/c1-22(21)7-6-18-13(20)19-12-8-10(12)9-4-2-3-5-11(9)14(15,16)17/h2-5,10,12H,6-8H2,1H3,(H2,18,19,20)/t10-,12+,22-/m0/s1. The Morgan fingerprint density at radius 1 is 1.36 bits per heavy atom. The molecule has 1 aliphatic rings. The van der Waals surface area contributed by atoms with E-state index in [-0.39, 0.29) is 24.1 Å². The summed E-state index contributed by atoms with van der Waals surface area (Å²) in [5, 5.41) is 5.18. The van der Waals surface area contributed by atoms with Crippen LogP contribution in [0.15, 0.2) is 24.3 Å². The number of carbonyl (C=O) groups is 1. The molecule has 1 saturated carbocycles. The maximum Gasteiger partial charge on any atom is 0.416 e. The summed E-state index contributed by atoms with van der Waals surface area (Å²) in [7, 11) is -0.996. The van der Waals surface area contributed by atoms with Gasteiger partial charge in [0.15, 0.2) is 0 Å². The number of hydrogen-bond donors (Lipinski definition) is 2. The Balaban J connectivity index is 1.91. The molecule has 22 heavy (non-hydrogen) atoms. The van der Waals surface area contributed by atoms with E-state index in [0.717, 1.165) is 6.07 Å². The molecule has 2 rings (SSSR count). The number of urea groups is 1. The van der Waals surface area contributed by atoms with Gasteiger partial charge < -0.3 is 10.6 Å². The number of halogens is 3. The number of alkyl halides is 3. The molecule has 1 aromatic rings. The third-order valence-electron chi connectivity index (χ3n) is 3.45. The summed E-state index contributed by atoms with van der Waals surface area (Å²) in [6, 6.07) is 4.69. The Morgan fingerprint density at radius 2 is 2.05 bits per heavy atom. The zero-order valence-corrected chi connectivity index (χ0v) is 12.8. The fraction of sp³-hybridized carbons (Fsp3) is 0.500. The molecule has 0 unspecified atom stereocenters. The van der Waals surface area contributed by atoms with Gasteiger partial charge in [-0.3, -0.25) is 4.21 Å². The molecule has 0 saturated heterocycles. The molecule has 0 radical (unpaired) electrons. The van der Waals surface area contributed by atoms with Gasteiger partial charge in [0, 0.05) is 41.3 Å². The quantitative estimate of drug-likeness (QED) is 0.868. The fourth-order valence-corrected chi connectivity index (χ4v) is 2.69. The van der Waals surface area contributed by atoms with Crippen molar-refractivity contribution >= 4 is 16.8 Å². The lowest BCUT2D eigenvalue weighted by Gasteiger charge is -2.13. The van der Waals surface area contributed by atoms with Crippen LogP contribution in [0.4, 0.5) is 18.0 Å². The van der Waals surface area contributed by atoms with Crippen molar-refractivity contribution in [2.24, 2.45) is 0 Å². The van der Waals surface area contributed by atoms with Crippen LogP contribution in [0.2, 0.25) is 0 Å². The predicted octanol–water partition coefficient (Wildman–Crippen LogP) is 2.24. The topological polar surface area (TPSA) is 58.2 Å². The van der Waals surface area contributed by atoms with Crippen LogP contribution in [-0.4, -0.2) is 34.8 Å². The first-order chi connectivity index (χ1) is 10.3. The second-order valence-corrected chi connectivity index (χ2v) is 6.77. The molecule has 0 spiro atoms. The molecule has 1 aliphatic carbocycles. The van der Waals surface area contributed by atoms with E-state index in [1.165, 1.54) is 18.4 Å². The third-order valence-corrected chi connectivity index (χ3v) is 4.23. The summed E-state index contributed by atoms with van der Waals surface area (Å²) in [6.07, 6.45) is -2.37. The van der Waals surface area contributed by atoms with Gasteiger partial charge in [-0.2, -0.15) is 13.2 Å². The largest absolute Gasteiger partial charge is 0.416 e. The maximum atomic E-state index is 12.9. The summed E-state index contributed by atoms with van der Waals surface area (Å²) in [5.74, 6) is 0.0298. The van der Waals surface area contributed by atoms with Crippen molar-refractivity contribution in [3.05, 3.63) is 35.4 Å². The SMILES string of the molecule is C[S@](=O)CCNC(=O)N[C@@H]1C[C@H]1c1ccccc1C(F)(F)F. The minimum atomic E-state index is -4.39. The molecule has 8 heteroatoms. The van der Waals surface area contributed by atoms with E-state index in [4.69, 9.17) is 0 Å². The first kappa shape index (κ1) is 16.8. The van der Waals surface area contributed by atoms with Gasteiger partial charge >= 0.3 is 12.2 Å². The summed E-state index contributed by atoms with van der Waals surface area (Å²) >= 11 is 0. The number of benzene rings is 1. The first-order valence-corrected chi connectivity index (χ1v) is 8.52. The van der Waals surface area contributed by atoms with Crippen LogP contribution in [0.5, 0.6) is 0 Å². The maximum absolute atomic E-state index is 12.9. The van der Waals surface area contributed by atoms with Crippen molar-refractivity contribution in [2.45, 2.75) is 24.6 Å². The summed E-state index contributed by atoms with van der Waals surface area (Å²) in [5.41, 5.74) is -0.430. The fourth-order valence-electron chi connectivity index (χ4n) is 2.30. The van der Waals surface area contributed by atoms with Gasteiger partial charge in [-0.25, -0.2) is 4.79 Å². The minimum absolute atomic E-state index is 0.218. The van der Waals surface area contributed by atoms with E-state index in [2.05, 4.69) is 10.6 Å². The number of nitrogens with one attached hydrogen (secondary N) is 2. The second kappa shape index (κ2) is 6.68. The van der Waals surface area contributed by atoms with E-state index in [1.54, 1.807) is 6.07 Å². The Labute approximate surface area is 128 Å². The number of amides is 2. The molecule has 0 heterocycles. The Morgan fingerprint density at radius 3 is 2.68 bits per heavy atom. The van der Waals surface area contributed by atoms with Crippen LogP contribution in [0.3, 0.4) is 0 Å². The van der Waals surface area contributed by atoms with Crippen LogP contribution in [0.1, 0.15) is 23.5 Å². The normalized spacial score (nSPS) is 22.0. The summed E-state index contributed by atoms with van der Waals surface area (Å²) in [4.78, 5) is 11.6. The van der Waals surface area contributed by atoms with E-state index < -0.39 is 28.6 Å². The van der Waals surface area contributed by atoms with Crippen molar-refractivity contribution in [2.75, 3.05) is 18.6 Å². The van der Waals surface area contributed by atoms with E-state index >= 15 is 0 Å². The van der Waals surface area contributed by atoms with Crippen LogP contribution < -0.4 is 10.6 Å². The highest BCUT2D eigenvalue weighted by Crippen LogP contribution is 2.45. The third kappa shape index (κ3) is 4.46. The van der Waals surface area contributed by atoms with E-state index in [0.29, 0.717) is 12.2 Å². The van der Waals surface area contributed by atoms with Crippen LogP contribution in [0.25, 0.3) is 0 Å². The van der Waals surface area contributed by atoms with Crippen molar-refractivity contribution in [3.63, 3.8) is 0 Å². The van der Waals surface area contributed by atoms with Gasteiger partial charge in [-0.15, -0.1) is 0 Å². The highest BCUT2D eigenvalue weighted by molar-refractivity contribution is 7.84. The number of hydrogen-bond acceptors (Lipinski definition) is 2. The molecule has 0 bridgehead atoms. The van der Waals surface area contributed by atoms with Crippen molar-refractivity contribution < 1.29 is 22.2 Å². The molecule has 1 fully saturated rings. The Kier molecular flexibility index (Phi) is 5.10. The highest BCUT2D eigenvalue weighted by Gasteiger charge is 2.44. The molecule has 122 valence electrons. The minimum Gasteiger partial charge on any atom is -0.337 e. The lowest BCUT2D eigenvalue weighted by molar-refractivity contribution is -0.138. The molecule has 2 amide bonds.